The summed E-state index contributed by atoms with van der Waals surface area (Å²) in [5.74, 6) is 0. The number of pyridine rings is 2. The Hall–Kier alpha value is -3.52. The van der Waals surface area contributed by atoms with Crippen molar-refractivity contribution in [3.05, 3.63) is 96.8 Å². The average Bonchev–Trinajstić information content (AvgIpc) is 2.73. The zero-order valence-corrected chi connectivity index (χ0v) is 15.1. The molecule has 0 aliphatic carbocycles. The van der Waals surface area contributed by atoms with E-state index in [9.17, 15) is 0 Å². The van der Waals surface area contributed by atoms with E-state index < -0.39 is 0 Å². The normalized spacial score (nSPS) is 11.1. The zero-order valence-electron chi connectivity index (χ0n) is 15.1. The topological polar surface area (TPSA) is 25.8 Å². The van der Waals surface area contributed by atoms with E-state index in [2.05, 4.69) is 71.5 Å². The van der Waals surface area contributed by atoms with Crippen molar-refractivity contribution in [2.45, 2.75) is 6.92 Å². The van der Waals surface area contributed by atoms with Gasteiger partial charge in [-0.3, -0.25) is 9.97 Å². The fourth-order valence-corrected chi connectivity index (χ4v) is 3.87. The molecule has 0 amide bonds. The highest BCUT2D eigenvalue weighted by atomic mass is 14.7. The summed E-state index contributed by atoms with van der Waals surface area (Å²) >= 11 is 0. The van der Waals surface area contributed by atoms with Gasteiger partial charge in [0.05, 0.1) is 11.4 Å². The quantitative estimate of drug-likeness (QED) is 0.344. The predicted octanol–water partition coefficient (Wildman–Crippen LogP) is 6.43. The summed E-state index contributed by atoms with van der Waals surface area (Å²) in [6, 6.07) is 27.4. The van der Waals surface area contributed by atoms with Gasteiger partial charge in [-0.2, -0.15) is 0 Å². The van der Waals surface area contributed by atoms with Gasteiger partial charge >= 0.3 is 0 Å². The molecule has 3 aromatic carbocycles. The highest BCUT2D eigenvalue weighted by Crippen LogP contribution is 2.42. The minimum absolute atomic E-state index is 0.995. The smallest absolute Gasteiger partial charge is 0.0714 e. The third-order valence-electron chi connectivity index (χ3n) is 5.02. The molecule has 128 valence electrons. The Labute approximate surface area is 158 Å². The maximum absolute atomic E-state index is 4.67. The van der Waals surface area contributed by atoms with Crippen LogP contribution in [0.3, 0.4) is 0 Å². The largest absolute Gasteiger partial charge is 0.256 e. The van der Waals surface area contributed by atoms with Crippen molar-refractivity contribution in [2.24, 2.45) is 0 Å². The van der Waals surface area contributed by atoms with Crippen LogP contribution in [0.1, 0.15) is 5.56 Å². The fraction of sp³-hybridized carbons (Fsp3) is 0.0400. The van der Waals surface area contributed by atoms with Gasteiger partial charge < -0.3 is 0 Å². The van der Waals surface area contributed by atoms with Gasteiger partial charge in [0.1, 0.15) is 0 Å². The second kappa shape index (κ2) is 6.33. The number of fused-ring (bicyclic) bond motifs is 2. The molecule has 0 atom stereocenters. The van der Waals surface area contributed by atoms with Crippen LogP contribution < -0.4 is 0 Å². The number of aryl methyl sites for hydroxylation is 1. The van der Waals surface area contributed by atoms with Crippen LogP contribution in [0.5, 0.6) is 0 Å². The molecule has 0 spiro atoms. The van der Waals surface area contributed by atoms with E-state index in [1.807, 2.05) is 36.7 Å². The standard InChI is InChI=1S/C25H18N2/c1-17-12-13-20-21(16-17)25(23-11-5-7-15-27-23)19-9-3-2-8-18(19)24(20)22-10-4-6-14-26-22/h2-16H,1H3. The van der Waals surface area contributed by atoms with Crippen molar-refractivity contribution in [3.63, 3.8) is 0 Å². The lowest BCUT2D eigenvalue weighted by atomic mass is 9.88. The first-order valence-electron chi connectivity index (χ1n) is 9.11. The third kappa shape index (κ3) is 2.58. The molecule has 27 heavy (non-hydrogen) atoms. The lowest BCUT2D eigenvalue weighted by molar-refractivity contribution is 1.33. The maximum Gasteiger partial charge on any atom is 0.0714 e. The van der Waals surface area contributed by atoms with Gasteiger partial charge in [-0.05, 0) is 52.7 Å². The molecule has 0 saturated carbocycles. The number of nitrogens with zero attached hydrogens (tertiary/aromatic N) is 2. The van der Waals surface area contributed by atoms with Crippen LogP contribution in [0.2, 0.25) is 0 Å². The zero-order chi connectivity index (χ0) is 18.2. The van der Waals surface area contributed by atoms with E-state index in [0.717, 1.165) is 11.4 Å². The Morgan fingerprint density at radius 2 is 1.04 bits per heavy atom. The van der Waals surface area contributed by atoms with Crippen molar-refractivity contribution in [2.75, 3.05) is 0 Å². The molecular formula is C25H18N2. The number of benzene rings is 3. The Kier molecular flexibility index (Phi) is 3.68. The molecule has 2 heteroatoms. The van der Waals surface area contributed by atoms with Crippen molar-refractivity contribution in [1.82, 2.24) is 9.97 Å². The van der Waals surface area contributed by atoms with Crippen LogP contribution in [-0.4, -0.2) is 9.97 Å². The SMILES string of the molecule is Cc1ccc2c(-c3ccccn3)c3ccccc3c(-c3ccccn3)c2c1. The molecule has 0 saturated heterocycles. The molecule has 0 fully saturated rings. The van der Waals surface area contributed by atoms with E-state index in [1.165, 1.54) is 38.2 Å². The monoisotopic (exact) mass is 346 g/mol. The van der Waals surface area contributed by atoms with Gasteiger partial charge in [0.15, 0.2) is 0 Å². The molecule has 0 N–H and O–H groups in total. The van der Waals surface area contributed by atoms with Crippen LogP contribution in [0, 0.1) is 6.92 Å². The summed E-state index contributed by atoms with van der Waals surface area (Å²) in [4.78, 5) is 9.32. The van der Waals surface area contributed by atoms with Gasteiger partial charge in [-0.15, -0.1) is 0 Å². The molecular weight excluding hydrogens is 328 g/mol. The fourth-order valence-electron chi connectivity index (χ4n) is 3.87. The van der Waals surface area contributed by atoms with Crippen LogP contribution in [-0.2, 0) is 0 Å². The van der Waals surface area contributed by atoms with Gasteiger partial charge in [0, 0.05) is 23.5 Å². The van der Waals surface area contributed by atoms with Gasteiger partial charge in [-0.1, -0.05) is 60.2 Å². The number of hydrogen-bond acceptors (Lipinski definition) is 2. The predicted molar refractivity (Wildman–Crippen MR) is 113 cm³/mol. The Morgan fingerprint density at radius 1 is 0.519 bits per heavy atom. The molecule has 2 heterocycles. The van der Waals surface area contributed by atoms with E-state index in [0.29, 0.717) is 0 Å². The summed E-state index contributed by atoms with van der Waals surface area (Å²) in [5.41, 5.74) is 5.60. The average molecular weight is 346 g/mol. The highest BCUT2D eigenvalue weighted by molar-refractivity contribution is 6.20. The van der Waals surface area contributed by atoms with Crippen molar-refractivity contribution in [3.8, 4) is 22.5 Å². The maximum atomic E-state index is 4.67. The van der Waals surface area contributed by atoms with E-state index in [-0.39, 0.29) is 0 Å². The molecule has 0 aliphatic rings. The molecule has 0 radical (unpaired) electrons. The van der Waals surface area contributed by atoms with E-state index in [1.54, 1.807) is 0 Å². The van der Waals surface area contributed by atoms with Crippen molar-refractivity contribution < 1.29 is 0 Å². The van der Waals surface area contributed by atoms with Crippen LogP contribution in [0.25, 0.3) is 44.1 Å². The number of hydrogen-bond donors (Lipinski definition) is 0. The minimum atomic E-state index is 0.995. The first kappa shape index (κ1) is 15.7. The Morgan fingerprint density at radius 3 is 1.59 bits per heavy atom. The minimum Gasteiger partial charge on any atom is -0.256 e. The molecule has 0 bridgehead atoms. The number of rotatable bonds is 2. The highest BCUT2D eigenvalue weighted by Gasteiger charge is 2.17. The molecule has 5 rings (SSSR count). The van der Waals surface area contributed by atoms with E-state index in [4.69, 9.17) is 0 Å². The summed E-state index contributed by atoms with van der Waals surface area (Å²) < 4.78 is 0. The lowest BCUT2D eigenvalue weighted by Gasteiger charge is -2.17. The van der Waals surface area contributed by atoms with Gasteiger partial charge in [0.25, 0.3) is 0 Å². The van der Waals surface area contributed by atoms with Crippen molar-refractivity contribution >= 4 is 21.5 Å². The van der Waals surface area contributed by atoms with Crippen molar-refractivity contribution in [1.29, 1.82) is 0 Å². The van der Waals surface area contributed by atoms with Gasteiger partial charge in [0.2, 0.25) is 0 Å². The van der Waals surface area contributed by atoms with Gasteiger partial charge in [-0.25, -0.2) is 0 Å². The molecule has 0 aliphatic heterocycles. The summed E-state index contributed by atoms with van der Waals surface area (Å²) in [6.45, 7) is 2.14. The number of aromatic nitrogens is 2. The third-order valence-corrected chi connectivity index (χ3v) is 5.02. The first-order chi connectivity index (χ1) is 13.3. The summed E-state index contributed by atoms with van der Waals surface area (Å²) in [5, 5.41) is 4.83. The lowest BCUT2D eigenvalue weighted by Crippen LogP contribution is -1.93. The van der Waals surface area contributed by atoms with Crippen LogP contribution >= 0.6 is 0 Å². The molecule has 5 aromatic rings. The Balaban J connectivity index is 2.04. The first-order valence-corrected chi connectivity index (χ1v) is 9.11. The van der Waals surface area contributed by atoms with Crippen LogP contribution in [0.15, 0.2) is 91.3 Å². The van der Waals surface area contributed by atoms with Crippen LogP contribution in [0.4, 0.5) is 0 Å². The second-order valence-corrected chi connectivity index (χ2v) is 6.77. The van der Waals surface area contributed by atoms with E-state index >= 15 is 0 Å². The second-order valence-electron chi connectivity index (χ2n) is 6.77. The summed E-state index contributed by atoms with van der Waals surface area (Å²) in [6.07, 6.45) is 3.72. The Bertz CT molecular complexity index is 1260. The molecule has 0 unspecified atom stereocenters. The molecule has 2 aromatic heterocycles. The molecule has 2 nitrogen and oxygen atoms in total. The summed E-state index contributed by atoms with van der Waals surface area (Å²) in [7, 11) is 0.